The number of halogens is 3. The van der Waals surface area contributed by atoms with Crippen LogP contribution in [0, 0.1) is 10.5 Å². The third-order valence-electron chi connectivity index (χ3n) is 2.97. The number of benzene rings is 2. The molecule has 2 aromatic carbocycles. The molecule has 2 aromatic rings. The Kier molecular flexibility index (Phi) is 5.58. The maximum Gasteiger partial charge on any atom is 0.124 e. The van der Waals surface area contributed by atoms with Crippen molar-refractivity contribution in [2.45, 2.75) is 19.2 Å². The average Bonchev–Trinajstić information content (AvgIpc) is 2.43. The summed E-state index contributed by atoms with van der Waals surface area (Å²) < 4.78 is 6.69. The van der Waals surface area contributed by atoms with Crippen LogP contribution in [0.1, 0.15) is 29.0 Å². The summed E-state index contributed by atoms with van der Waals surface area (Å²) in [6.45, 7) is 4.63. The van der Waals surface area contributed by atoms with Gasteiger partial charge in [-0.2, -0.15) is 0 Å². The van der Waals surface area contributed by atoms with Gasteiger partial charge in [0.1, 0.15) is 5.75 Å². The molecule has 0 fully saturated rings. The highest BCUT2D eigenvalue weighted by Crippen LogP contribution is 2.37. The molecule has 0 aliphatic rings. The lowest BCUT2D eigenvalue weighted by molar-refractivity contribution is 0.337. The van der Waals surface area contributed by atoms with Crippen LogP contribution >= 0.6 is 45.8 Å². The highest BCUT2D eigenvalue weighted by molar-refractivity contribution is 14.1. The minimum atomic E-state index is -0.272. The van der Waals surface area contributed by atoms with Crippen molar-refractivity contribution in [3.63, 3.8) is 0 Å². The largest absolute Gasteiger partial charge is 0.494 e. The van der Waals surface area contributed by atoms with E-state index in [0.29, 0.717) is 6.61 Å². The van der Waals surface area contributed by atoms with Crippen molar-refractivity contribution in [1.82, 2.24) is 0 Å². The Morgan fingerprint density at radius 1 is 1.20 bits per heavy atom. The van der Waals surface area contributed by atoms with Crippen LogP contribution in [-0.4, -0.2) is 6.61 Å². The van der Waals surface area contributed by atoms with E-state index in [1.54, 1.807) is 0 Å². The molecule has 0 aromatic heterocycles. The van der Waals surface area contributed by atoms with Gasteiger partial charge >= 0.3 is 0 Å². The predicted molar refractivity (Wildman–Crippen MR) is 94.2 cm³/mol. The minimum Gasteiger partial charge on any atom is -0.494 e. The van der Waals surface area contributed by atoms with E-state index < -0.39 is 0 Å². The maximum atomic E-state index is 6.63. The van der Waals surface area contributed by atoms with Gasteiger partial charge in [0.2, 0.25) is 0 Å². The second-order valence-corrected chi connectivity index (χ2v) is 6.52. The number of rotatable bonds is 4. The molecule has 20 heavy (non-hydrogen) atoms. The van der Waals surface area contributed by atoms with Crippen molar-refractivity contribution in [3.8, 4) is 5.75 Å². The molecule has 106 valence electrons. The van der Waals surface area contributed by atoms with Crippen molar-refractivity contribution in [2.75, 3.05) is 6.61 Å². The van der Waals surface area contributed by atoms with Gasteiger partial charge in [0.05, 0.1) is 17.0 Å². The Morgan fingerprint density at radius 3 is 2.60 bits per heavy atom. The molecular weight excluding hydrogens is 406 g/mol. The first-order valence-corrected chi connectivity index (χ1v) is 8.24. The predicted octanol–water partition coefficient (Wildman–Crippen LogP) is 5.98. The molecule has 1 atom stereocenters. The van der Waals surface area contributed by atoms with E-state index in [-0.39, 0.29) is 5.38 Å². The first kappa shape index (κ1) is 15.9. The van der Waals surface area contributed by atoms with Crippen LogP contribution in [0.3, 0.4) is 0 Å². The van der Waals surface area contributed by atoms with Gasteiger partial charge < -0.3 is 4.74 Å². The monoisotopic (exact) mass is 420 g/mol. The van der Waals surface area contributed by atoms with Gasteiger partial charge in [0.15, 0.2) is 0 Å². The second kappa shape index (κ2) is 7.01. The number of alkyl halides is 1. The zero-order valence-corrected chi connectivity index (χ0v) is 15.0. The molecule has 0 bridgehead atoms. The van der Waals surface area contributed by atoms with E-state index in [2.05, 4.69) is 28.7 Å². The van der Waals surface area contributed by atoms with Crippen LogP contribution in [-0.2, 0) is 0 Å². The molecule has 1 unspecified atom stereocenters. The summed E-state index contributed by atoms with van der Waals surface area (Å²) in [5, 5.41) is 0.449. The zero-order valence-electron chi connectivity index (χ0n) is 11.3. The second-order valence-electron chi connectivity index (χ2n) is 4.51. The Labute approximate surface area is 143 Å². The minimum absolute atomic E-state index is 0.272. The van der Waals surface area contributed by atoms with Crippen LogP contribution in [0.5, 0.6) is 5.75 Å². The average molecular weight is 421 g/mol. The summed E-state index contributed by atoms with van der Waals surface area (Å²) in [5.74, 6) is 0.827. The molecule has 1 nitrogen and oxygen atoms in total. The van der Waals surface area contributed by atoms with Gasteiger partial charge in [0, 0.05) is 9.13 Å². The SMILES string of the molecule is CCOc1ccc(C)cc1C(Cl)c1ccc(I)c(Cl)c1. The van der Waals surface area contributed by atoms with E-state index in [4.69, 9.17) is 27.9 Å². The summed E-state index contributed by atoms with van der Waals surface area (Å²) >= 11 is 15.0. The van der Waals surface area contributed by atoms with Gasteiger partial charge in [-0.1, -0.05) is 35.4 Å². The molecule has 0 N–H and O–H groups in total. The van der Waals surface area contributed by atoms with Crippen LogP contribution in [0.4, 0.5) is 0 Å². The van der Waals surface area contributed by atoms with Gasteiger partial charge in [-0.25, -0.2) is 0 Å². The van der Waals surface area contributed by atoms with E-state index in [1.165, 1.54) is 0 Å². The van der Waals surface area contributed by atoms with Gasteiger partial charge in [-0.05, 0) is 60.2 Å². The van der Waals surface area contributed by atoms with Crippen molar-refractivity contribution in [3.05, 3.63) is 61.7 Å². The molecule has 2 rings (SSSR count). The standard InChI is InChI=1S/C16H15Cl2IO/c1-3-20-15-7-4-10(2)8-12(15)16(18)11-5-6-14(19)13(17)9-11/h4-9,16H,3H2,1-2H3. The summed E-state index contributed by atoms with van der Waals surface area (Å²) in [5.41, 5.74) is 3.11. The van der Waals surface area contributed by atoms with Crippen molar-refractivity contribution in [2.24, 2.45) is 0 Å². The first-order chi connectivity index (χ1) is 9.52. The summed E-state index contributed by atoms with van der Waals surface area (Å²) in [4.78, 5) is 0. The fourth-order valence-corrected chi connectivity index (χ4v) is 2.83. The quantitative estimate of drug-likeness (QED) is 0.436. The topological polar surface area (TPSA) is 9.23 Å². The van der Waals surface area contributed by atoms with Crippen LogP contribution in [0.25, 0.3) is 0 Å². The third-order valence-corrected chi connectivity index (χ3v) is 5.03. The lowest BCUT2D eigenvalue weighted by Gasteiger charge is -2.16. The van der Waals surface area contributed by atoms with E-state index >= 15 is 0 Å². The van der Waals surface area contributed by atoms with Crippen LogP contribution in [0.2, 0.25) is 5.02 Å². The van der Waals surface area contributed by atoms with Crippen LogP contribution < -0.4 is 4.74 Å². The Bertz CT molecular complexity index is 613. The third kappa shape index (κ3) is 3.60. The van der Waals surface area contributed by atoms with Crippen molar-refractivity contribution >= 4 is 45.8 Å². The first-order valence-electron chi connectivity index (χ1n) is 6.35. The maximum absolute atomic E-state index is 6.63. The molecule has 0 heterocycles. The molecule has 0 radical (unpaired) electrons. The summed E-state index contributed by atoms with van der Waals surface area (Å²) in [6.07, 6.45) is 0. The van der Waals surface area contributed by atoms with Gasteiger partial charge in [-0.15, -0.1) is 11.6 Å². The highest BCUT2D eigenvalue weighted by atomic mass is 127. The van der Waals surface area contributed by atoms with E-state index in [0.717, 1.165) is 31.0 Å². The number of ether oxygens (including phenoxy) is 1. The molecule has 4 heteroatoms. The molecular formula is C16H15Cl2IO. The zero-order chi connectivity index (χ0) is 14.7. The Balaban J connectivity index is 2.43. The fourth-order valence-electron chi connectivity index (χ4n) is 2.00. The molecule has 0 saturated carbocycles. The number of hydrogen-bond donors (Lipinski definition) is 0. The normalized spacial score (nSPS) is 12.2. The highest BCUT2D eigenvalue weighted by Gasteiger charge is 2.17. The summed E-state index contributed by atoms with van der Waals surface area (Å²) in [6, 6.07) is 12.0. The van der Waals surface area contributed by atoms with Crippen molar-refractivity contribution < 1.29 is 4.74 Å². The molecule has 0 amide bonds. The molecule has 0 saturated heterocycles. The van der Waals surface area contributed by atoms with E-state index in [1.807, 2.05) is 44.2 Å². The lowest BCUT2D eigenvalue weighted by atomic mass is 10.0. The van der Waals surface area contributed by atoms with Gasteiger partial charge in [-0.3, -0.25) is 0 Å². The number of aryl methyl sites for hydroxylation is 1. The molecule has 0 aliphatic carbocycles. The Hall–Kier alpha value is -0.450. The lowest BCUT2D eigenvalue weighted by Crippen LogP contribution is -2.01. The van der Waals surface area contributed by atoms with Gasteiger partial charge in [0.25, 0.3) is 0 Å². The Morgan fingerprint density at radius 2 is 1.95 bits per heavy atom. The molecule has 0 spiro atoms. The summed E-state index contributed by atoms with van der Waals surface area (Å²) in [7, 11) is 0. The van der Waals surface area contributed by atoms with Crippen LogP contribution in [0.15, 0.2) is 36.4 Å². The molecule has 0 aliphatic heterocycles. The van der Waals surface area contributed by atoms with E-state index in [9.17, 15) is 0 Å². The fraction of sp³-hybridized carbons (Fsp3) is 0.250. The smallest absolute Gasteiger partial charge is 0.124 e. The number of hydrogen-bond acceptors (Lipinski definition) is 1. The van der Waals surface area contributed by atoms with Crippen molar-refractivity contribution in [1.29, 1.82) is 0 Å².